The molecule has 9 heteroatoms. The lowest BCUT2D eigenvalue weighted by atomic mass is 10.2. The van der Waals surface area contributed by atoms with Crippen LogP contribution in [0.15, 0.2) is 39.3 Å². The first-order valence-corrected chi connectivity index (χ1v) is 9.04. The molecule has 2 aromatic heterocycles. The topological polar surface area (TPSA) is 89.5 Å². The third-order valence-corrected chi connectivity index (χ3v) is 6.15. The molecule has 3 aromatic rings. The predicted octanol–water partition coefficient (Wildman–Crippen LogP) is 2.85. The summed E-state index contributed by atoms with van der Waals surface area (Å²) >= 11 is 4.70. The number of aromatic nitrogens is 2. The van der Waals surface area contributed by atoms with Crippen molar-refractivity contribution >= 4 is 53.8 Å². The van der Waals surface area contributed by atoms with Gasteiger partial charge in [-0.15, -0.1) is 11.3 Å². The summed E-state index contributed by atoms with van der Waals surface area (Å²) in [6.07, 6.45) is 1.63. The van der Waals surface area contributed by atoms with Gasteiger partial charge in [0.2, 0.25) is 5.03 Å². The average Bonchev–Trinajstić information content (AvgIpc) is 2.94. The van der Waals surface area contributed by atoms with Crippen molar-refractivity contribution in [1.29, 1.82) is 0 Å². The van der Waals surface area contributed by atoms with Crippen molar-refractivity contribution in [2.24, 2.45) is 0 Å². The van der Waals surface area contributed by atoms with E-state index in [1.165, 1.54) is 15.7 Å². The maximum absolute atomic E-state index is 12.6. The van der Waals surface area contributed by atoms with E-state index in [0.29, 0.717) is 15.1 Å². The van der Waals surface area contributed by atoms with Crippen LogP contribution in [0.1, 0.15) is 5.56 Å². The molecule has 0 spiro atoms. The number of halogens is 1. The van der Waals surface area contributed by atoms with E-state index in [0.717, 1.165) is 5.56 Å². The number of benzene rings is 1. The fraction of sp³-hybridized carbons (Fsp3) is 0.0833. The number of nitrogen functional groups attached to an aromatic ring is 1. The number of imidazole rings is 1. The molecule has 0 radical (unpaired) electrons. The van der Waals surface area contributed by atoms with Crippen LogP contribution in [0.25, 0.3) is 4.96 Å². The molecule has 0 saturated carbocycles. The quantitative estimate of drug-likeness (QED) is 0.723. The molecule has 21 heavy (non-hydrogen) atoms. The Kier molecular flexibility index (Phi) is 3.42. The van der Waals surface area contributed by atoms with Crippen molar-refractivity contribution in [3.63, 3.8) is 0 Å². The highest BCUT2D eigenvalue weighted by atomic mass is 79.9. The minimum Gasteiger partial charge on any atom is -0.381 e. The monoisotopic (exact) mass is 386 g/mol. The molecule has 0 saturated heterocycles. The van der Waals surface area contributed by atoms with Gasteiger partial charge in [-0.1, -0.05) is 12.1 Å². The van der Waals surface area contributed by atoms with Gasteiger partial charge in [-0.05, 0) is 34.5 Å². The average molecular weight is 387 g/mol. The zero-order valence-corrected chi connectivity index (χ0v) is 14.1. The van der Waals surface area contributed by atoms with E-state index in [-0.39, 0.29) is 10.8 Å². The van der Waals surface area contributed by atoms with Gasteiger partial charge in [0, 0.05) is 16.0 Å². The predicted molar refractivity (Wildman–Crippen MR) is 87.2 cm³/mol. The number of hydrogen-bond donors (Lipinski definition) is 2. The summed E-state index contributed by atoms with van der Waals surface area (Å²) in [4.78, 5) is 4.59. The molecule has 0 unspecified atom stereocenters. The molecule has 0 aliphatic carbocycles. The molecule has 3 rings (SSSR count). The number of nitrogens with two attached hydrogens (primary N) is 1. The van der Waals surface area contributed by atoms with E-state index in [4.69, 9.17) is 5.73 Å². The summed E-state index contributed by atoms with van der Waals surface area (Å²) in [6, 6.07) is 5.33. The largest absolute Gasteiger partial charge is 0.381 e. The summed E-state index contributed by atoms with van der Waals surface area (Å²) in [5.41, 5.74) is 7.14. The third kappa shape index (κ3) is 2.41. The summed E-state index contributed by atoms with van der Waals surface area (Å²) in [5, 5.41) is 1.70. The van der Waals surface area contributed by atoms with Crippen molar-refractivity contribution in [1.82, 2.24) is 9.38 Å². The fourth-order valence-electron chi connectivity index (χ4n) is 1.97. The van der Waals surface area contributed by atoms with Crippen LogP contribution in [0, 0.1) is 6.92 Å². The van der Waals surface area contributed by atoms with Crippen LogP contribution < -0.4 is 10.5 Å². The van der Waals surface area contributed by atoms with Gasteiger partial charge in [0.15, 0.2) is 10.8 Å². The van der Waals surface area contributed by atoms with Crippen LogP contribution in [-0.2, 0) is 10.0 Å². The molecule has 0 bridgehead atoms. The molecule has 1 aromatic carbocycles. The van der Waals surface area contributed by atoms with E-state index in [1.807, 2.05) is 13.0 Å². The van der Waals surface area contributed by atoms with E-state index in [2.05, 4.69) is 25.6 Å². The van der Waals surface area contributed by atoms with Crippen LogP contribution in [-0.4, -0.2) is 17.8 Å². The van der Waals surface area contributed by atoms with Crippen molar-refractivity contribution in [2.75, 3.05) is 10.5 Å². The second-order valence-corrected chi connectivity index (χ2v) is 7.66. The lowest BCUT2D eigenvalue weighted by molar-refractivity contribution is 0.597. The van der Waals surface area contributed by atoms with Crippen LogP contribution in [0.5, 0.6) is 0 Å². The molecule has 0 atom stereocenters. The van der Waals surface area contributed by atoms with Gasteiger partial charge < -0.3 is 5.73 Å². The van der Waals surface area contributed by atoms with Gasteiger partial charge in [-0.3, -0.25) is 9.12 Å². The zero-order valence-electron chi connectivity index (χ0n) is 10.9. The van der Waals surface area contributed by atoms with Crippen LogP contribution >= 0.6 is 27.3 Å². The number of thiazole rings is 1. The first-order valence-electron chi connectivity index (χ1n) is 5.89. The lowest BCUT2D eigenvalue weighted by Crippen LogP contribution is -2.16. The van der Waals surface area contributed by atoms with Crippen molar-refractivity contribution in [2.45, 2.75) is 11.9 Å². The number of aryl methyl sites for hydroxylation is 1. The molecule has 3 N–H and O–H groups in total. The van der Waals surface area contributed by atoms with E-state index in [9.17, 15) is 8.42 Å². The Hall–Kier alpha value is -1.58. The number of sulfonamides is 1. The van der Waals surface area contributed by atoms with Gasteiger partial charge in [-0.2, -0.15) is 8.42 Å². The number of fused-ring (bicyclic) bond motifs is 1. The second-order valence-electron chi connectivity index (χ2n) is 4.40. The molecule has 0 amide bonds. The fourth-order valence-corrected chi connectivity index (χ4v) is 4.53. The first kappa shape index (κ1) is 14.4. The number of nitrogens with one attached hydrogen (secondary N) is 1. The Balaban J connectivity index is 2.11. The van der Waals surface area contributed by atoms with E-state index in [1.54, 1.807) is 23.7 Å². The molecular formula is C12H11BrN4O2S2. The molecule has 0 aliphatic heterocycles. The van der Waals surface area contributed by atoms with Crippen molar-refractivity contribution in [3.8, 4) is 0 Å². The standard InChI is InChI=1S/C12H11BrN4O2S2/c1-7-3-2-4-8(9(7)13)16-21(18,19)11-10(14)15-12-17(11)5-6-20-12/h2-6,16H,14H2,1H3. The zero-order chi connectivity index (χ0) is 15.2. The number of hydrogen-bond acceptors (Lipinski definition) is 5. The minimum atomic E-state index is -3.83. The SMILES string of the molecule is Cc1cccc(NS(=O)(=O)c2c(N)nc3sccn23)c1Br. The van der Waals surface area contributed by atoms with Crippen LogP contribution in [0.4, 0.5) is 11.5 Å². The summed E-state index contributed by atoms with van der Waals surface area (Å²) < 4.78 is 29.9. The maximum atomic E-state index is 12.6. The third-order valence-electron chi connectivity index (χ3n) is 2.93. The molecule has 0 aliphatic rings. The van der Waals surface area contributed by atoms with E-state index < -0.39 is 10.0 Å². The first-order chi connectivity index (χ1) is 9.90. The highest BCUT2D eigenvalue weighted by Crippen LogP contribution is 2.30. The molecule has 110 valence electrons. The highest BCUT2D eigenvalue weighted by molar-refractivity contribution is 9.10. The van der Waals surface area contributed by atoms with Crippen LogP contribution in [0.2, 0.25) is 0 Å². The highest BCUT2D eigenvalue weighted by Gasteiger charge is 2.25. The van der Waals surface area contributed by atoms with Gasteiger partial charge >= 0.3 is 0 Å². The Labute approximate surface area is 133 Å². The second kappa shape index (κ2) is 5.00. The maximum Gasteiger partial charge on any atom is 0.281 e. The number of rotatable bonds is 3. The van der Waals surface area contributed by atoms with Gasteiger partial charge in [-0.25, -0.2) is 4.98 Å². The van der Waals surface area contributed by atoms with Gasteiger partial charge in [0.25, 0.3) is 10.0 Å². The summed E-state index contributed by atoms with van der Waals surface area (Å²) in [5.74, 6) is -0.0156. The van der Waals surface area contributed by atoms with E-state index >= 15 is 0 Å². The Morgan fingerprint density at radius 2 is 2.19 bits per heavy atom. The molecular weight excluding hydrogens is 376 g/mol. The summed E-state index contributed by atoms with van der Waals surface area (Å²) in [6.45, 7) is 1.88. The Bertz CT molecular complexity index is 930. The normalized spacial score (nSPS) is 11.9. The van der Waals surface area contributed by atoms with Crippen molar-refractivity contribution < 1.29 is 8.42 Å². The lowest BCUT2D eigenvalue weighted by Gasteiger charge is -2.10. The number of nitrogens with zero attached hydrogens (tertiary/aromatic N) is 2. The molecule has 2 heterocycles. The van der Waals surface area contributed by atoms with Gasteiger partial charge in [0.05, 0.1) is 5.69 Å². The smallest absolute Gasteiger partial charge is 0.281 e. The Morgan fingerprint density at radius 1 is 1.43 bits per heavy atom. The number of anilines is 2. The minimum absolute atomic E-state index is 0.0156. The molecule has 0 fully saturated rings. The Morgan fingerprint density at radius 3 is 2.95 bits per heavy atom. The van der Waals surface area contributed by atoms with Crippen LogP contribution in [0.3, 0.4) is 0 Å². The molecule has 6 nitrogen and oxygen atoms in total. The summed E-state index contributed by atoms with van der Waals surface area (Å²) in [7, 11) is -3.83. The van der Waals surface area contributed by atoms with Gasteiger partial charge in [0.1, 0.15) is 0 Å². The van der Waals surface area contributed by atoms with Crippen molar-refractivity contribution in [3.05, 3.63) is 39.8 Å².